The Labute approximate surface area is 148 Å². The second-order valence-corrected chi connectivity index (χ2v) is 5.98. The number of nitrogens with one attached hydrogen (secondary N) is 1. The summed E-state index contributed by atoms with van der Waals surface area (Å²) >= 11 is 5.98. The van der Waals surface area contributed by atoms with Crippen molar-refractivity contribution in [3.05, 3.63) is 63.2 Å². The van der Waals surface area contributed by atoms with Gasteiger partial charge >= 0.3 is 0 Å². The van der Waals surface area contributed by atoms with Gasteiger partial charge in [0.1, 0.15) is 0 Å². The number of non-ortho nitro benzene ring substituents is 1. The van der Waals surface area contributed by atoms with Gasteiger partial charge in [0.2, 0.25) is 5.91 Å². The number of nitro benzene ring substituents is 1. The summed E-state index contributed by atoms with van der Waals surface area (Å²) in [7, 11) is 0. The molecule has 25 heavy (non-hydrogen) atoms. The molecular weight excluding hydrogens is 346 g/mol. The van der Waals surface area contributed by atoms with E-state index in [2.05, 4.69) is 5.32 Å². The van der Waals surface area contributed by atoms with Crippen LogP contribution in [0.25, 0.3) is 0 Å². The van der Waals surface area contributed by atoms with Gasteiger partial charge in [-0.05, 0) is 30.7 Å². The monoisotopic (exact) mass is 359 g/mol. The van der Waals surface area contributed by atoms with Gasteiger partial charge in [0, 0.05) is 36.5 Å². The highest BCUT2D eigenvalue weighted by Crippen LogP contribution is 2.26. The fourth-order valence-electron chi connectivity index (χ4n) is 2.67. The quantitative estimate of drug-likeness (QED) is 0.666. The van der Waals surface area contributed by atoms with Gasteiger partial charge < -0.3 is 10.2 Å². The van der Waals surface area contributed by atoms with Gasteiger partial charge in [-0.2, -0.15) is 0 Å². The SMILES string of the molecule is O=C(Nc1cccc(N2CCCC2=O)c1)c1cc([N+](=O)[O-])ccc1Cl. The third-order valence-corrected chi connectivity index (χ3v) is 4.22. The number of hydrogen-bond acceptors (Lipinski definition) is 4. The summed E-state index contributed by atoms with van der Waals surface area (Å²) in [4.78, 5) is 36.2. The number of carbonyl (C=O) groups excluding carboxylic acids is 2. The molecule has 1 saturated heterocycles. The third-order valence-electron chi connectivity index (χ3n) is 3.89. The van der Waals surface area contributed by atoms with Crippen molar-refractivity contribution in [1.29, 1.82) is 0 Å². The molecular formula is C17H14ClN3O4. The summed E-state index contributed by atoms with van der Waals surface area (Å²) in [5, 5.41) is 13.6. The van der Waals surface area contributed by atoms with Crippen LogP contribution in [0.3, 0.4) is 0 Å². The molecule has 0 aliphatic carbocycles. The number of hydrogen-bond donors (Lipinski definition) is 1. The second kappa shape index (κ2) is 6.90. The fourth-order valence-corrected chi connectivity index (χ4v) is 2.88. The largest absolute Gasteiger partial charge is 0.322 e. The summed E-state index contributed by atoms with van der Waals surface area (Å²) < 4.78 is 0. The van der Waals surface area contributed by atoms with E-state index >= 15 is 0 Å². The van der Waals surface area contributed by atoms with E-state index in [-0.39, 0.29) is 22.2 Å². The lowest BCUT2D eigenvalue weighted by atomic mass is 10.1. The normalized spacial score (nSPS) is 13.8. The maximum atomic E-state index is 12.4. The average molecular weight is 360 g/mol. The lowest BCUT2D eigenvalue weighted by Crippen LogP contribution is -2.23. The van der Waals surface area contributed by atoms with Crippen LogP contribution < -0.4 is 10.2 Å². The van der Waals surface area contributed by atoms with Crippen LogP contribution in [0.4, 0.5) is 17.1 Å². The van der Waals surface area contributed by atoms with Crippen LogP contribution >= 0.6 is 11.6 Å². The van der Waals surface area contributed by atoms with Crippen LogP contribution in [-0.2, 0) is 4.79 Å². The molecule has 2 amide bonds. The smallest absolute Gasteiger partial charge is 0.270 e. The predicted molar refractivity (Wildman–Crippen MR) is 94.1 cm³/mol. The van der Waals surface area contributed by atoms with E-state index in [0.717, 1.165) is 12.5 Å². The third kappa shape index (κ3) is 3.61. The van der Waals surface area contributed by atoms with E-state index in [1.54, 1.807) is 29.2 Å². The summed E-state index contributed by atoms with van der Waals surface area (Å²) in [5.41, 5.74) is 0.972. The van der Waals surface area contributed by atoms with Crippen LogP contribution in [0.5, 0.6) is 0 Å². The van der Waals surface area contributed by atoms with Gasteiger partial charge in [0.05, 0.1) is 15.5 Å². The molecule has 0 spiro atoms. The second-order valence-electron chi connectivity index (χ2n) is 5.57. The Hall–Kier alpha value is -2.93. The molecule has 1 aliphatic heterocycles. The van der Waals surface area contributed by atoms with E-state index in [1.807, 2.05) is 0 Å². The molecule has 7 nitrogen and oxygen atoms in total. The van der Waals surface area contributed by atoms with Crippen molar-refractivity contribution in [3.8, 4) is 0 Å². The van der Waals surface area contributed by atoms with Gasteiger partial charge in [0.15, 0.2) is 0 Å². The van der Waals surface area contributed by atoms with Crippen LogP contribution in [0.1, 0.15) is 23.2 Å². The van der Waals surface area contributed by atoms with E-state index in [4.69, 9.17) is 11.6 Å². The maximum Gasteiger partial charge on any atom is 0.270 e. The standard InChI is InChI=1S/C17H14ClN3O4/c18-15-7-6-13(21(24)25)10-14(15)17(23)19-11-3-1-4-12(9-11)20-8-2-5-16(20)22/h1,3-4,6-7,9-10H,2,5,8H2,(H,19,23). The molecule has 0 bridgehead atoms. The molecule has 1 fully saturated rings. The Morgan fingerprint density at radius 1 is 1.24 bits per heavy atom. The summed E-state index contributed by atoms with van der Waals surface area (Å²) in [6.07, 6.45) is 1.32. The fraction of sp³-hybridized carbons (Fsp3) is 0.176. The Bertz CT molecular complexity index is 869. The number of anilines is 2. The first kappa shape index (κ1) is 16.9. The first-order valence-electron chi connectivity index (χ1n) is 7.61. The van der Waals surface area contributed by atoms with E-state index in [9.17, 15) is 19.7 Å². The maximum absolute atomic E-state index is 12.4. The van der Waals surface area contributed by atoms with Crippen molar-refractivity contribution in [2.45, 2.75) is 12.8 Å². The Morgan fingerprint density at radius 3 is 2.72 bits per heavy atom. The lowest BCUT2D eigenvalue weighted by molar-refractivity contribution is -0.384. The van der Waals surface area contributed by atoms with Crippen molar-refractivity contribution in [1.82, 2.24) is 0 Å². The van der Waals surface area contributed by atoms with Crippen molar-refractivity contribution < 1.29 is 14.5 Å². The van der Waals surface area contributed by atoms with E-state index in [1.165, 1.54) is 12.1 Å². The van der Waals surface area contributed by atoms with Gasteiger partial charge in [0.25, 0.3) is 11.6 Å². The number of halogens is 1. The molecule has 2 aromatic rings. The summed E-state index contributed by atoms with van der Waals surface area (Å²) in [6.45, 7) is 0.646. The number of amides is 2. The number of nitro groups is 1. The molecule has 1 aliphatic rings. The van der Waals surface area contributed by atoms with E-state index in [0.29, 0.717) is 24.3 Å². The zero-order valence-electron chi connectivity index (χ0n) is 13.1. The number of nitrogens with zero attached hydrogens (tertiary/aromatic N) is 2. The highest BCUT2D eigenvalue weighted by Gasteiger charge is 2.22. The molecule has 8 heteroatoms. The zero-order chi connectivity index (χ0) is 18.0. The minimum absolute atomic E-state index is 0.0125. The predicted octanol–water partition coefficient (Wildman–Crippen LogP) is 3.63. The minimum atomic E-state index is -0.591. The van der Waals surface area contributed by atoms with Crippen molar-refractivity contribution in [2.24, 2.45) is 0 Å². The van der Waals surface area contributed by atoms with Crippen molar-refractivity contribution in [3.63, 3.8) is 0 Å². The summed E-state index contributed by atoms with van der Waals surface area (Å²) in [5.74, 6) is -0.510. The van der Waals surface area contributed by atoms with Gasteiger partial charge in [-0.25, -0.2) is 0 Å². The molecule has 0 saturated carbocycles. The van der Waals surface area contributed by atoms with Crippen LogP contribution in [0, 0.1) is 10.1 Å². The highest BCUT2D eigenvalue weighted by molar-refractivity contribution is 6.34. The first-order chi connectivity index (χ1) is 12.0. The average Bonchev–Trinajstić information content (AvgIpc) is 3.01. The van der Waals surface area contributed by atoms with Crippen LogP contribution in [0.15, 0.2) is 42.5 Å². The number of benzene rings is 2. The molecule has 2 aromatic carbocycles. The van der Waals surface area contributed by atoms with Crippen molar-refractivity contribution in [2.75, 3.05) is 16.8 Å². The molecule has 0 radical (unpaired) electrons. The molecule has 0 unspecified atom stereocenters. The van der Waals surface area contributed by atoms with Gasteiger partial charge in [-0.3, -0.25) is 19.7 Å². The summed E-state index contributed by atoms with van der Waals surface area (Å²) in [6, 6.07) is 10.6. The molecule has 3 rings (SSSR count). The molecule has 1 N–H and O–H groups in total. The van der Waals surface area contributed by atoms with Crippen LogP contribution in [0.2, 0.25) is 5.02 Å². The van der Waals surface area contributed by atoms with Crippen LogP contribution in [-0.4, -0.2) is 23.3 Å². The topological polar surface area (TPSA) is 92.6 Å². The number of rotatable bonds is 4. The van der Waals surface area contributed by atoms with Gasteiger partial charge in [-0.15, -0.1) is 0 Å². The zero-order valence-corrected chi connectivity index (χ0v) is 13.8. The first-order valence-corrected chi connectivity index (χ1v) is 7.99. The highest BCUT2D eigenvalue weighted by atomic mass is 35.5. The Kier molecular flexibility index (Phi) is 4.67. The Morgan fingerprint density at radius 2 is 2.04 bits per heavy atom. The van der Waals surface area contributed by atoms with Crippen molar-refractivity contribution >= 4 is 40.5 Å². The number of carbonyl (C=O) groups is 2. The lowest BCUT2D eigenvalue weighted by Gasteiger charge is -2.17. The molecule has 128 valence electrons. The molecule has 1 heterocycles. The van der Waals surface area contributed by atoms with Gasteiger partial charge in [-0.1, -0.05) is 17.7 Å². The molecule has 0 atom stereocenters. The Balaban J connectivity index is 1.83. The van der Waals surface area contributed by atoms with E-state index < -0.39 is 10.8 Å². The minimum Gasteiger partial charge on any atom is -0.322 e. The molecule has 0 aromatic heterocycles.